The Morgan fingerprint density at radius 1 is 0.889 bits per heavy atom. The van der Waals surface area contributed by atoms with Gasteiger partial charge in [0.15, 0.2) is 11.5 Å². The molecule has 4 rings (SSSR count). The SMILES string of the molecule is O=C(NC(c1ccccc1)c1ccc(Cl)cc1)C1COc2ccccc2O1. The summed E-state index contributed by atoms with van der Waals surface area (Å²) in [7, 11) is 0. The Morgan fingerprint density at radius 2 is 1.52 bits per heavy atom. The highest BCUT2D eigenvalue weighted by atomic mass is 35.5. The summed E-state index contributed by atoms with van der Waals surface area (Å²) in [5, 5.41) is 3.73. The van der Waals surface area contributed by atoms with Crippen molar-refractivity contribution in [3.8, 4) is 11.5 Å². The molecular formula is C22H18ClNO3. The van der Waals surface area contributed by atoms with Gasteiger partial charge in [0.25, 0.3) is 5.91 Å². The maximum atomic E-state index is 12.9. The maximum absolute atomic E-state index is 12.9. The molecule has 0 saturated carbocycles. The average Bonchev–Trinajstić information content (AvgIpc) is 2.73. The zero-order valence-electron chi connectivity index (χ0n) is 14.5. The molecule has 2 unspecified atom stereocenters. The van der Waals surface area contributed by atoms with Gasteiger partial charge in [0.1, 0.15) is 6.61 Å². The fourth-order valence-corrected chi connectivity index (χ4v) is 3.17. The van der Waals surface area contributed by atoms with Gasteiger partial charge in [-0.1, -0.05) is 66.2 Å². The minimum atomic E-state index is -0.710. The quantitative estimate of drug-likeness (QED) is 0.731. The van der Waals surface area contributed by atoms with E-state index in [0.29, 0.717) is 16.5 Å². The third kappa shape index (κ3) is 3.91. The van der Waals surface area contributed by atoms with Crippen LogP contribution in [0, 0.1) is 0 Å². The van der Waals surface area contributed by atoms with Crippen molar-refractivity contribution in [1.29, 1.82) is 0 Å². The van der Waals surface area contributed by atoms with E-state index in [1.165, 1.54) is 0 Å². The van der Waals surface area contributed by atoms with Gasteiger partial charge in [0.05, 0.1) is 6.04 Å². The summed E-state index contributed by atoms with van der Waals surface area (Å²) in [6.45, 7) is 0.172. The van der Waals surface area contributed by atoms with Crippen LogP contribution in [0.3, 0.4) is 0 Å². The average molecular weight is 380 g/mol. The predicted octanol–water partition coefficient (Wildman–Crippen LogP) is 4.39. The second-order valence-corrected chi connectivity index (χ2v) is 6.70. The van der Waals surface area contributed by atoms with Crippen LogP contribution < -0.4 is 14.8 Å². The largest absolute Gasteiger partial charge is 0.485 e. The Bertz CT molecular complexity index is 928. The number of ether oxygens (including phenoxy) is 2. The van der Waals surface area contributed by atoms with Gasteiger partial charge in [-0.3, -0.25) is 4.79 Å². The molecule has 0 aromatic heterocycles. The molecule has 2 atom stereocenters. The monoisotopic (exact) mass is 379 g/mol. The van der Waals surface area contributed by atoms with Gasteiger partial charge in [0, 0.05) is 5.02 Å². The second-order valence-electron chi connectivity index (χ2n) is 6.27. The fourth-order valence-electron chi connectivity index (χ4n) is 3.04. The van der Waals surface area contributed by atoms with Crippen molar-refractivity contribution in [3.63, 3.8) is 0 Å². The van der Waals surface area contributed by atoms with Crippen LogP contribution in [0.2, 0.25) is 5.02 Å². The van der Waals surface area contributed by atoms with Crippen molar-refractivity contribution in [2.75, 3.05) is 6.61 Å². The molecule has 5 heteroatoms. The van der Waals surface area contributed by atoms with E-state index in [1.807, 2.05) is 72.8 Å². The van der Waals surface area contributed by atoms with Crippen molar-refractivity contribution in [1.82, 2.24) is 5.32 Å². The van der Waals surface area contributed by atoms with E-state index in [-0.39, 0.29) is 18.6 Å². The van der Waals surface area contributed by atoms with Gasteiger partial charge >= 0.3 is 0 Å². The first-order valence-corrected chi connectivity index (χ1v) is 9.08. The highest BCUT2D eigenvalue weighted by Gasteiger charge is 2.29. The standard InChI is InChI=1S/C22H18ClNO3/c23-17-12-10-16(11-13-17)21(15-6-2-1-3-7-15)24-22(25)20-14-26-18-8-4-5-9-19(18)27-20/h1-13,20-21H,14H2,(H,24,25). The summed E-state index contributed by atoms with van der Waals surface area (Å²) < 4.78 is 11.5. The number of amides is 1. The summed E-state index contributed by atoms with van der Waals surface area (Å²) in [5.74, 6) is 0.999. The van der Waals surface area contributed by atoms with Crippen LogP contribution in [-0.2, 0) is 4.79 Å². The summed E-state index contributed by atoms with van der Waals surface area (Å²) in [6, 6.07) is 24.3. The Morgan fingerprint density at radius 3 is 2.26 bits per heavy atom. The van der Waals surface area contributed by atoms with Gasteiger partial charge in [-0.05, 0) is 35.4 Å². The van der Waals surface area contributed by atoms with Crippen molar-refractivity contribution < 1.29 is 14.3 Å². The van der Waals surface area contributed by atoms with E-state index in [2.05, 4.69) is 5.32 Å². The van der Waals surface area contributed by atoms with Gasteiger partial charge in [-0.25, -0.2) is 0 Å². The van der Waals surface area contributed by atoms with E-state index < -0.39 is 6.10 Å². The number of fused-ring (bicyclic) bond motifs is 1. The van der Waals surface area contributed by atoms with E-state index in [4.69, 9.17) is 21.1 Å². The summed E-state index contributed by atoms with van der Waals surface area (Å²) in [4.78, 5) is 12.9. The van der Waals surface area contributed by atoms with Crippen LogP contribution in [0.4, 0.5) is 0 Å². The number of rotatable bonds is 4. The molecule has 3 aromatic carbocycles. The molecule has 27 heavy (non-hydrogen) atoms. The van der Waals surface area contributed by atoms with E-state index in [1.54, 1.807) is 6.07 Å². The van der Waals surface area contributed by atoms with E-state index >= 15 is 0 Å². The Kier molecular flexibility index (Phi) is 4.99. The van der Waals surface area contributed by atoms with Crippen molar-refractivity contribution in [2.24, 2.45) is 0 Å². The van der Waals surface area contributed by atoms with Gasteiger partial charge < -0.3 is 14.8 Å². The van der Waals surface area contributed by atoms with Crippen LogP contribution in [0.5, 0.6) is 11.5 Å². The molecule has 1 N–H and O–H groups in total. The van der Waals surface area contributed by atoms with Crippen LogP contribution >= 0.6 is 11.6 Å². The third-order valence-electron chi connectivity index (χ3n) is 4.42. The lowest BCUT2D eigenvalue weighted by atomic mass is 9.98. The number of hydrogen-bond acceptors (Lipinski definition) is 3. The fraction of sp³-hybridized carbons (Fsp3) is 0.136. The molecule has 1 heterocycles. The van der Waals surface area contributed by atoms with Gasteiger partial charge in [-0.2, -0.15) is 0 Å². The highest BCUT2D eigenvalue weighted by molar-refractivity contribution is 6.30. The molecule has 0 aliphatic carbocycles. The molecule has 4 nitrogen and oxygen atoms in total. The highest BCUT2D eigenvalue weighted by Crippen LogP contribution is 2.31. The molecule has 136 valence electrons. The van der Waals surface area contributed by atoms with Crippen molar-refractivity contribution in [3.05, 3.63) is 95.0 Å². The first-order valence-electron chi connectivity index (χ1n) is 8.70. The number of hydrogen-bond donors (Lipinski definition) is 1. The molecular weight excluding hydrogens is 362 g/mol. The van der Waals surface area contributed by atoms with Crippen molar-refractivity contribution >= 4 is 17.5 Å². The molecule has 3 aromatic rings. The summed E-state index contributed by atoms with van der Waals surface area (Å²) in [5.41, 5.74) is 1.92. The number of carbonyl (C=O) groups excluding carboxylic acids is 1. The molecule has 0 radical (unpaired) electrons. The molecule has 0 bridgehead atoms. The Balaban J connectivity index is 1.57. The lowest BCUT2D eigenvalue weighted by Crippen LogP contribution is -2.45. The third-order valence-corrected chi connectivity index (χ3v) is 4.68. The minimum absolute atomic E-state index is 0.172. The topological polar surface area (TPSA) is 47.6 Å². The van der Waals surface area contributed by atoms with Crippen LogP contribution in [0.25, 0.3) is 0 Å². The second kappa shape index (κ2) is 7.72. The van der Waals surface area contributed by atoms with E-state index in [9.17, 15) is 4.79 Å². The predicted molar refractivity (Wildman–Crippen MR) is 104 cm³/mol. The lowest BCUT2D eigenvalue weighted by Gasteiger charge is -2.28. The number of halogens is 1. The molecule has 1 amide bonds. The Hall–Kier alpha value is -2.98. The van der Waals surface area contributed by atoms with Gasteiger partial charge in [-0.15, -0.1) is 0 Å². The van der Waals surface area contributed by atoms with Crippen LogP contribution in [0.15, 0.2) is 78.9 Å². The molecule has 0 fully saturated rings. The minimum Gasteiger partial charge on any atom is -0.485 e. The molecule has 1 aliphatic rings. The number of carbonyl (C=O) groups is 1. The van der Waals surface area contributed by atoms with Crippen LogP contribution in [0.1, 0.15) is 17.2 Å². The Labute approximate surface area is 162 Å². The number of benzene rings is 3. The zero-order chi connectivity index (χ0) is 18.6. The molecule has 0 spiro atoms. The number of para-hydroxylation sites is 2. The van der Waals surface area contributed by atoms with E-state index in [0.717, 1.165) is 11.1 Å². The van der Waals surface area contributed by atoms with Crippen LogP contribution in [-0.4, -0.2) is 18.6 Å². The normalized spacial score (nSPS) is 16.4. The molecule has 0 saturated heterocycles. The molecule has 1 aliphatic heterocycles. The lowest BCUT2D eigenvalue weighted by molar-refractivity contribution is -0.130. The maximum Gasteiger partial charge on any atom is 0.265 e. The first-order chi connectivity index (χ1) is 13.2. The number of nitrogens with one attached hydrogen (secondary N) is 1. The first kappa shape index (κ1) is 17.4. The summed E-state index contributed by atoms with van der Waals surface area (Å²) >= 11 is 6.01. The van der Waals surface area contributed by atoms with Crippen molar-refractivity contribution in [2.45, 2.75) is 12.1 Å². The van der Waals surface area contributed by atoms with Gasteiger partial charge in [0.2, 0.25) is 6.10 Å². The smallest absolute Gasteiger partial charge is 0.265 e. The zero-order valence-corrected chi connectivity index (χ0v) is 15.2. The summed E-state index contributed by atoms with van der Waals surface area (Å²) in [6.07, 6.45) is -0.710.